The van der Waals surface area contributed by atoms with Crippen LogP contribution in [0, 0.1) is 0 Å². The van der Waals surface area contributed by atoms with Gasteiger partial charge in [0, 0.05) is 24.9 Å². The fourth-order valence-corrected chi connectivity index (χ4v) is 1.94. The van der Waals surface area contributed by atoms with Crippen molar-refractivity contribution < 1.29 is 9.47 Å². The molecule has 0 radical (unpaired) electrons. The predicted molar refractivity (Wildman–Crippen MR) is 60.5 cm³/mol. The number of hydrogen-bond acceptors (Lipinski definition) is 4. The zero-order valence-electron chi connectivity index (χ0n) is 8.07. The molecule has 0 aliphatic rings. The van der Waals surface area contributed by atoms with Crippen molar-refractivity contribution in [1.29, 1.82) is 0 Å². The SMILES string of the molecule is COC(CSc1ccc(Br)cn1)OC. The lowest BCUT2D eigenvalue weighted by Crippen LogP contribution is -2.15. The van der Waals surface area contributed by atoms with Crippen molar-refractivity contribution in [2.75, 3.05) is 20.0 Å². The molecule has 0 amide bonds. The molecule has 3 nitrogen and oxygen atoms in total. The van der Waals surface area contributed by atoms with Crippen molar-refractivity contribution in [3.8, 4) is 0 Å². The molecule has 0 bridgehead atoms. The van der Waals surface area contributed by atoms with Crippen LogP contribution in [0.3, 0.4) is 0 Å². The maximum atomic E-state index is 5.06. The van der Waals surface area contributed by atoms with Crippen LogP contribution in [-0.4, -0.2) is 31.2 Å². The molecule has 0 saturated carbocycles. The highest BCUT2D eigenvalue weighted by atomic mass is 79.9. The predicted octanol–water partition coefficient (Wildman–Crippen LogP) is 2.56. The normalized spacial score (nSPS) is 10.9. The summed E-state index contributed by atoms with van der Waals surface area (Å²) in [6.07, 6.45) is 1.60. The molecule has 0 N–H and O–H groups in total. The maximum absolute atomic E-state index is 5.06. The zero-order chi connectivity index (χ0) is 10.4. The molecule has 1 heterocycles. The quantitative estimate of drug-likeness (QED) is 0.612. The van der Waals surface area contributed by atoms with Gasteiger partial charge >= 0.3 is 0 Å². The summed E-state index contributed by atoms with van der Waals surface area (Å²) in [7, 11) is 3.26. The molecule has 0 unspecified atom stereocenters. The van der Waals surface area contributed by atoms with E-state index in [0.29, 0.717) is 0 Å². The van der Waals surface area contributed by atoms with E-state index in [1.807, 2.05) is 12.1 Å². The molecule has 0 atom stereocenters. The fourth-order valence-electron chi connectivity index (χ4n) is 0.833. The van der Waals surface area contributed by atoms with E-state index < -0.39 is 0 Å². The number of nitrogens with zero attached hydrogens (tertiary/aromatic N) is 1. The van der Waals surface area contributed by atoms with Gasteiger partial charge in [-0.3, -0.25) is 0 Å². The Labute approximate surface area is 96.3 Å². The number of methoxy groups -OCH3 is 2. The Morgan fingerprint density at radius 1 is 1.43 bits per heavy atom. The Kier molecular flexibility index (Phi) is 5.47. The zero-order valence-corrected chi connectivity index (χ0v) is 10.5. The van der Waals surface area contributed by atoms with E-state index in [-0.39, 0.29) is 6.29 Å². The Hall–Kier alpha value is -0.100. The van der Waals surface area contributed by atoms with Gasteiger partial charge in [-0.1, -0.05) is 0 Å². The summed E-state index contributed by atoms with van der Waals surface area (Å²) < 4.78 is 11.1. The molecule has 0 spiro atoms. The largest absolute Gasteiger partial charge is 0.355 e. The summed E-state index contributed by atoms with van der Waals surface area (Å²) in [5, 5.41) is 0.965. The standard InChI is InChI=1S/C9H12BrNO2S/c1-12-9(13-2)6-14-8-4-3-7(10)5-11-8/h3-5,9H,6H2,1-2H3. The molecular formula is C9H12BrNO2S. The van der Waals surface area contributed by atoms with Crippen LogP contribution in [-0.2, 0) is 9.47 Å². The van der Waals surface area contributed by atoms with Crippen molar-refractivity contribution in [2.24, 2.45) is 0 Å². The van der Waals surface area contributed by atoms with E-state index >= 15 is 0 Å². The molecular weight excluding hydrogens is 266 g/mol. The third kappa shape index (κ3) is 3.96. The third-order valence-electron chi connectivity index (χ3n) is 1.59. The second kappa shape index (κ2) is 6.40. The minimum absolute atomic E-state index is 0.176. The molecule has 78 valence electrons. The average molecular weight is 278 g/mol. The van der Waals surface area contributed by atoms with Crippen LogP contribution < -0.4 is 0 Å². The first-order valence-electron chi connectivity index (χ1n) is 4.06. The summed E-state index contributed by atoms with van der Waals surface area (Å²) in [5.41, 5.74) is 0. The van der Waals surface area contributed by atoms with Gasteiger partial charge in [0.25, 0.3) is 0 Å². The molecule has 1 rings (SSSR count). The highest BCUT2D eigenvalue weighted by molar-refractivity contribution is 9.10. The molecule has 5 heteroatoms. The molecule has 0 aliphatic heterocycles. The van der Waals surface area contributed by atoms with E-state index in [2.05, 4.69) is 20.9 Å². The number of ether oxygens (including phenoxy) is 2. The van der Waals surface area contributed by atoms with Gasteiger partial charge in [-0.25, -0.2) is 4.98 Å². The highest BCUT2D eigenvalue weighted by Crippen LogP contribution is 2.18. The lowest BCUT2D eigenvalue weighted by molar-refractivity contribution is -0.0842. The molecule has 0 saturated heterocycles. The minimum Gasteiger partial charge on any atom is -0.355 e. The van der Waals surface area contributed by atoms with Gasteiger partial charge in [-0.2, -0.15) is 0 Å². The van der Waals surface area contributed by atoms with Gasteiger partial charge in [-0.15, -0.1) is 11.8 Å². The van der Waals surface area contributed by atoms with Crippen LogP contribution in [0.4, 0.5) is 0 Å². The molecule has 0 aromatic carbocycles. The smallest absolute Gasteiger partial charge is 0.166 e. The summed E-state index contributed by atoms with van der Waals surface area (Å²) in [5.74, 6) is 0.738. The first-order valence-corrected chi connectivity index (χ1v) is 5.84. The summed E-state index contributed by atoms with van der Waals surface area (Å²) in [4.78, 5) is 4.22. The van der Waals surface area contributed by atoms with Gasteiger partial charge in [0.2, 0.25) is 0 Å². The topological polar surface area (TPSA) is 31.4 Å². The highest BCUT2D eigenvalue weighted by Gasteiger charge is 2.05. The lowest BCUT2D eigenvalue weighted by Gasteiger charge is -2.11. The summed E-state index contributed by atoms with van der Waals surface area (Å²) in [6, 6.07) is 3.92. The van der Waals surface area contributed by atoms with Gasteiger partial charge in [0.05, 0.1) is 10.8 Å². The second-order valence-corrected chi connectivity index (χ2v) is 4.48. The van der Waals surface area contributed by atoms with Crippen LogP contribution in [0.5, 0.6) is 0 Å². The van der Waals surface area contributed by atoms with Crippen LogP contribution in [0.2, 0.25) is 0 Å². The van der Waals surface area contributed by atoms with Crippen molar-refractivity contribution in [3.63, 3.8) is 0 Å². The van der Waals surface area contributed by atoms with Crippen LogP contribution >= 0.6 is 27.7 Å². The Morgan fingerprint density at radius 2 is 2.14 bits per heavy atom. The summed E-state index contributed by atoms with van der Waals surface area (Å²) >= 11 is 4.94. The molecule has 1 aromatic rings. The van der Waals surface area contributed by atoms with Crippen molar-refractivity contribution in [1.82, 2.24) is 4.98 Å². The number of aromatic nitrogens is 1. The van der Waals surface area contributed by atoms with E-state index in [1.54, 1.807) is 32.2 Å². The Balaban J connectivity index is 2.41. The number of rotatable bonds is 5. The van der Waals surface area contributed by atoms with Crippen LogP contribution in [0.25, 0.3) is 0 Å². The van der Waals surface area contributed by atoms with Crippen molar-refractivity contribution in [2.45, 2.75) is 11.3 Å². The van der Waals surface area contributed by atoms with Crippen molar-refractivity contribution >= 4 is 27.7 Å². The third-order valence-corrected chi connectivity index (χ3v) is 3.04. The van der Waals surface area contributed by atoms with Gasteiger partial charge in [0.1, 0.15) is 0 Å². The monoisotopic (exact) mass is 277 g/mol. The second-order valence-electron chi connectivity index (χ2n) is 2.53. The Morgan fingerprint density at radius 3 is 2.64 bits per heavy atom. The van der Waals surface area contributed by atoms with E-state index in [9.17, 15) is 0 Å². The van der Waals surface area contributed by atoms with Crippen LogP contribution in [0.1, 0.15) is 0 Å². The molecule has 14 heavy (non-hydrogen) atoms. The number of pyridine rings is 1. The van der Waals surface area contributed by atoms with Gasteiger partial charge in [0.15, 0.2) is 6.29 Å². The Bertz CT molecular complexity index is 264. The van der Waals surface area contributed by atoms with Gasteiger partial charge < -0.3 is 9.47 Å². The fraction of sp³-hybridized carbons (Fsp3) is 0.444. The number of hydrogen-bond donors (Lipinski definition) is 0. The molecule has 1 aromatic heterocycles. The molecule has 0 fully saturated rings. The first-order chi connectivity index (χ1) is 6.76. The number of thioether (sulfide) groups is 1. The van der Waals surface area contributed by atoms with E-state index in [0.717, 1.165) is 15.3 Å². The minimum atomic E-state index is -0.176. The summed E-state index contributed by atoms with van der Waals surface area (Å²) in [6.45, 7) is 0. The van der Waals surface area contributed by atoms with E-state index in [1.165, 1.54) is 0 Å². The lowest BCUT2D eigenvalue weighted by atomic mass is 10.5. The first kappa shape index (κ1) is 12.0. The van der Waals surface area contributed by atoms with Gasteiger partial charge in [-0.05, 0) is 28.1 Å². The van der Waals surface area contributed by atoms with Crippen molar-refractivity contribution in [3.05, 3.63) is 22.8 Å². The average Bonchev–Trinajstić information content (AvgIpc) is 2.22. The van der Waals surface area contributed by atoms with Crippen LogP contribution in [0.15, 0.2) is 27.8 Å². The molecule has 0 aliphatic carbocycles. The number of halogens is 1. The maximum Gasteiger partial charge on any atom is 0.166 e. The van der Waals surface area contributed by atoms with E-state index in [4.69, 9.17) is 9.47 Å².